The summed E-state index contributed by atoms with van der Waals surface area (Å²) < 4.78 is 0. The van der Waals surface area contributed by atoms with Crippen molar-refractivity contribution in [3.63, 3.8) is 0 Å². The van der Waals surface area contributed by atoms with E-state index in [0.29, 0.717) is 5.92 Å². The van der Waals surface area contributed by atoms with Crippen LogP contribution in [0.2, 0.25) is 0 Å². The second kappa shape index (κ2) is 5.02. The predicted molar refractivity (Wildman–Crippen MR) is 68.8 cm³/mol. The summed E-state index contributed by atoms with van der Waals surface area (Å²) in [6, 6.07) is 4.03. The van der Waals surface area contributed by atoms with Crippen molar-refractivity contribution < 1.29 is 5.11 Å². The van der Waals surface area contributed by atoms with E-state index in [1.54, 1.807) is 0 Å². The van der Waals surface area contributed by atoms with Crippen molar-refractivity contribution in [2.24, 2.45) is 11.7 Å². The van der Waals surface area contributed by atoms with Crippen molar-refractivity contribution in [2.75, 3.05) is 18.0 Å². The van der Waals surface area contributed by atoms with Gasteiger partial charge in [-0.05, 0) is 32.4 Å². The van der Waals surface area contributed by atoms with Crippen LogP contribution >= 0.6 is 0 Å². The third-order valence-corrected chi connectivity index (χ3v) is 3.51. The van der Waals surface area contributed by atoms with Gasteiger partial charge in [0.2, 0.25) is 0 Å². The van der Waals surface area contributed by atoms with Crippen molar-refractivity contribution >= 4 is 5.69 Å². The molecule has 4 nitrogen and oxygen atoms in total. The molecular formula is C13H21N3O. The van der Waals surface area contributed by atoms with E-state index in [4.69, 9.17) is 5.73 Å². The van der Waals surface area contributed by atoms with Gasteiger partial charge in [0.15, 0.2) is 0 Å². The minimum Gasteiger partial charge on any atom is -0.393 e. The zero-order chi connectivity index (χ0) is 12.4. The topological polar surface area (TPSA) is 62.4 Å². The van der Waals surface area contributed by atoms with Crippen LogP contribution in [0.25, 0.3) is 0 Å². The summed E-state index contributed by atoms with van der Waals surface area (Å²) >= 11 is 0. The largest absolute Gasteiger partial charge is 0.393 e. The quantitative estimate of drug-likeness (QED) is 0.829. The third kappa shape index (κ3) is 2.76. The Morgan fingerprint density at radius 2 is 2.24 bits per heavy atom. The number of anilines is 1. The second-order valence-corrected chi connectivity index (χ2v) is 4.97. The summed E-state index contributed by atoms with van der Waals surface area (Å²) in [7, 11) is 0. The van der Waals surface area contributed by atoms with Crippen LogP contribution in [0.1, 0.15) is 32.0 Å². The summed E-state index contributed by atoms with van der Waals surface area (Å²) in [6.45, 7) is 5.71. The second-order valence-electron chi connectivity index (χ2n) is 4.97. The Morgan fingerprint density at radius 3 is 2.71 bits per heavy atom. The molecule has 1 aromatic heterocycles. The number of hydrogen-bond donors (Lipinski definition) is 2. The molecule has 0 aromatic carbocycles. The van der Waals surface area contributed by atoms with Crippen LogP contribution in [0.3, 0.4) is 0 Å². The Balaban J connectivity index is 2.04. The maximum absolute atomic E-state index is 9.57. The van der Waals surface area contributed by atoms with E-state index in [1.807, 2.05) is 26.1 Å². The number of aliphatic hydroxyl groups is 1. The van der Waals surface area contributed by atoms with E-state index in [9.17, 15) is 5.11 Å². The van der Waals surface area contributed by atoms with Crippen LogP contribution < -0.4 is 10.6 Å². The van der Waals surface area contributed by atoms with Gasteiger partial charge < -0.3 is 15.7 Å². The molecule has 1 aliphatic heterocycles. The summed E-state index contributed by atoms with van der Waals surface area (Å²) in [6.07, 6.45) is 2.70. The van der Waals surface area contributed by atoms with Gasteiger partial charge in [-0.3, -0.25) is 4.98 Å². The molecule has 0 spiro atoms. The average Bonchev–Trinajstić information content (AvgIpc) is 2.78. The third-order valence-electron chi connectivity index (χ3n) is 3.51. The van der Waals surface area contributed by atoms with Crippen molar-refractivity contribution in [1.29, 1.82) is 0 Å². The van der Waals surface area contributed by atoms with Gasteiger partial charge >= 0.3 is 0 Å². The molecule has 4 heteroatoms. The molecule has 3 unspecified atom stereocenters. The van der Waals surface area contributed by atoms with Gasteiger partial charge in [0.25, 0.3) is 0 Å². The monoisotopic (exact) mass is 235 g/mol. The molecule has 17 heavy (non-hydrogen) atoms. The summed E-state index contributed by atoms with van der Waals surface area (Å²) in [5.74, 6) is 0.378. The first-order valence-electron chi connectivity index (χ1n) is 6.22. The molecule has 0 saturated carbocycles. The Labute approximate surface area is 102 Å². The number of aliphatic hydroxyl groups excluding tert-OH is 1. The van der Waals surface area contributed by atoms with Gasteiger partial charge in [-0.25, -0.2) is 0 Å². The smallest absolute Gasteiger partial charge is 0.0569 e. The van der Waals surface area contributed by atoms with E-state index < -0.39 is 0 Å². The van der Waals surface area contributed by atoms with Crippen molar-refractivity contribution in [3.8, 4) is 0 Å². The molecule has 94 valence electrons. The first kappa shape index (κ1) is 12.3. The minimum atomic E-state index is -0.226. The molecule has 1 fully saturated rings. The van der Waals surface area contributed by atoms with Crippen molar-refractivity contribution in [3.05, 3.63) is 24.0 Å². The maximum Gasteiger partial charge on any atom is 0.0569 e. The fourth-order valence-corrected chi connectivity index (χ4v) is 2.27. The van der Waals surface area contributed by atoms with E-state index in [2.05, 4.69) is 16.0 Å². The number of nitrogens with zero attached hydrogens (tertiary/aromatic N) is 2. The standard InChI is InChI=1S/C13H21N3O/c1-9(14)13-4-3-12(7-15-13)16-6-5-11(8-16)10(2)17/h3-4,7,9-11,17H,5-6,8,14H2,1-2H3. The molecule has 3 atom stereocenters. The fraction of sp³-hybridized carbons (Fsp3) is 0.615. The number of rotatable bonds is 3. The minimum absolute atomic E-state index is 0.0205. The molecule has 1 saturated heterocycles. The predicted octanol–water partition coefficient (Wildman–Crippen LogP) is 1.31. The molecule has 1 aromatic rings. The van der Waals surface area contributed by atoms with E-state index in [1.165, 1.54) is 0 Å². The van der Waals surface area contributed by atoms with Crippen LogP contribution in [0, 0.1) is 5.92 Å². The summed E-state index contributed by atoms with van der Waals surface area (Å²) in [5.41, 5.74) is 7.81. The van der Waals surface area contributed by atoms with Gasteiger partial charge in [-0.2, -0.15) is 0 Å². The molecule has 0 bridgehead atoms. The highest BCUT2D eigenvalue weighted by molar-refractivity contribution is 5.45. The molecule has 0 aliphatic carbocycles. The highest BCUT2D eigenvalue weighted by Crippen LogP contribution is 2.25. The highest BCUT2D eigenvalue weighted by atomic mass is 16.3. The zero-order valence-electron chi connectivity index (χ0n) is 10.5. The lowest BCUT2D eigenvalue weighted by Crippen LogP contribution is -2.24. The lowest BCUT2D eigenvalue weighted by atomic mass is 10.0. The molecule has 2 rings (SSSR count). The van der Waals surface area contributed by atoms with Crippen LogP contribution in [-0.2, 0) is 0 Å². The SMILES string of the molecule is CC(N)c1ccc(N2CCC(C(C)O)C2)cn1. The van der Waals surface area contributed by atoms with Crippen LogP contribution in [0.4, 0.5) is 5.69 Å². The van der Waals surface area contributed by atoms with Gasteiger partial charge in [0.1, 0.15) is 0 Å². The lowest BCUT2D eigenvalue weighted by molar-refractivity contribution is 0.136. The molecule has 0 amide bonds. The number of nitrogens with two attached hydrogens (primary N) is 1. The normalized spacial score (nSPS) is 23.8. The first-order valence-corrected chi connectivity index (χ1v) is 6.22. The van der Waals surface area contributed by atoms with Crippen LogP contribution in [-0.4, -0.2) is 29.3 Å². The van der Waals surface area contributed by atoms with E-state index >= 15 is 0 Å². The fourth-order valence-electron chi connectivity index (χ4n) is 2.27. The molecule has 2 heterocycles. The summed E-state index contributed by atoms with van der Waals surface area (Å²) in [4.78, 5) is 6.64. The number of pyridine rings is 1. The highest BCUT2D eigenvalue weighted by Gasteiger charge is 2.26. The maximum atomic E-state index is 9.57. The van der Waals surface area contributed by atoms with Crippen molar-refractivity contribution in [1.82, 2.24) is 4.98 Å². The molecular weight excluding hydrogens is 214 g/mol. The van der Waals surface area contributed by atoms with E-state index in [0.717, 1.165) is 30.9 Å². The lowest BCUT2D eigenvalue weighted by Gasteiger charge is -2.19. The van der Waals surface area contributed by atoms with Gasteiger partial charge in [-0.1, -0.05) is 0 Å². The molecule has 0 radical (unpaired) electrons. The summed E-state index contributed by atoms with van der Waals surface area (Å²) in [5, 5.41) is 9.57. The van der Waals surface area contributed by atoms with Gasteiger partial charge in [0.05, 0.1) is 23.7 Å². The Morgan fingerprint density at radius 1 is 1.47 bits per heavy atom. The van der Waals surface area contributed by atoms with Gasteiger partial charge in [-0.15, -0.1) is 0 Å². The Bertz CT molecular complexity index is 361. The van der Waals surface area contributed by atoms with Gasteiger partial charge in [0, 0.05) is 25.0 Å². The molecule has 3 N–H and O–H groups in total. The zero-order valence-corrected chi connectivity index (χ0v) is 10.5. The van der Waals surface area contributed by atoms with Crippen LogP contribution in [0.5, 0.6) is 0 Å². The average molecular weight is 235 g/mol. The van der Waals surface area contributed by atoms with E-state index in [-0.39, 0.29) is 12.1 Å². The Kier molecular flexibility index (Phi) is 3.64. The first-order chi connectivity index (χ1) is 8.08. The van der Waals surface area contributed by atoms with Crippen LogP contribution in [0.15, 0.2) is 18.3 Å². The Hall–Kier alpha value is -1.13. The number of hydrogen-bond acceptors (Lipinski definition) is 4. The number of aromatic nitrogens is 1. The van der Waals surface area contributed by atoms with Crippen molar-refractivity contribution in [2.45, 2.75) is 32.4 Å². The molecule has 1 aliphatic rings.